The second kappa shape index (κ2) is 52.8. The molecule has 0 saturated heterocycles. The minimum Gasteiger partial charge on any atom is -0.870 e. The third-order valence-corrected chi connectivity index (χ3v) is 20.0. The largest absolute Gasteiger partial charge is 1.00 e. The van der Waals surface area contributed by atoms with Crippen molar-refractivity contribution >= 4 is 167 Å². The van der Waals surface area contributed by atoms with Gasteiger partial charge in [-0.1, -0.05) is 60.3 Å². The van der Waals surface area contributed by atoms with Crippen LogP contribution in [0.25, 0.3) is 11.1 Å². The number of carboxylic acids is 3. The Bertz CT molecular complexity index is 5440. The second-order valence-corrected chi connectivity index (χ2v) is 35.7. The molecule has 0 unspecified atom stereocenters. The van der Waals surface area contributed by atoms with E-state index in [0.29, 0.717) is 66.3 Å². The first kappa shape index (κ1) is 108. The SMILES string of the molecule is BrB(Br)Br.COC(=O)c1c[nH]c(C2CC2)c(Br)c1=O.COC(=O)c1c[nH]c(C2CC2)cc1=O.COC(=O)c1cnc(C2CC2)cc1OC.COC(=O)c1cnc(Cl)cc1OC.COc1cc(Cl)ncc1C(=O)O.O=C(O)c1c[nH]c(C2CC2)c(-c2ccc(F)cc2)c1=O.O=C(O)c1c[nH]c(C2CC2)c(Br)c1=O.OB(O)C1CC1.OB(O)c1ccc(F)cc1.[Li+].[OH-]. The van der Waals surface area contributed by atoms with Gasteiger partial charge in [0.05, 0.1) is 58.7 Å². The molecule has 6 saturated carbocycles. The third kappa shape index (κ3) is 34.5. The standard InChI is InChI=1S/C15H12FNO3.C11H13NO3.C10H10BrNO3.C10H11NO3.C9H8BrNO3.C8H8ClNO3.C7H6ClNO3.C6H6BFO2.C3H7BO2.BBr3.Li.H2O/c16-10-5-3-8(4-6-10)12-13(9-1-2-9)17-7-11(14(12)18)15(19)20;1-14-10-5-9(7-3-4-7)12-6-8(10)11(13)15-2;1-15-10(14)6-4-12-8(5-2-3-5)7(11)9(6)13;1-14-10(13)7-5-11-8(4-9(7)12)6-2-3-6;10-6-7(4-1-2-4)11-3-5(8(6)12)9(13)14;1-12-6-3-7(9)10-4-5(6)8(11)13-2;1-12-5-2-6(8)9-3-4(5)7(10)11;8-6-3-1-5(2-4-6)7(9)10;5-4(6)3-1-2-3;2-1(3)4;;/h3-7,9H,1-2H2,(H,17,18)(H,19,20);5-7H,3-4H2,1-2H3;4-5H,2-3H2,1H3,(H,12,13);4-6H,2-3H2,1H3,(H,11,12);3-4H,1-2H2,(H,11,12)(H,13,14);3-4H,1-2H3;2-3H,1H3,(H,10,11);1-4,9-10H;3,5-6H,1-2H2;;;1H2/q;;;;;;;;;;+1;/p-1. The molecule has 0 atom stereocenters. The molecule has 46 heteroatoms. The van der Waals surface area contributed by atoms with Crippen LogP contribution in [-0.2, 0) is 18.9 Å². The van der Waals surface area contributed by atoms with E-state index in [1.807, 2.05) is 6.07 Å². The Morgan fingerprint density at radius 1 is 0.440 bits per heavy atom. The molecule has 9 aromatic rings. The van der Waals surface area contributed by atoms with Gasteiger partial charge in [0.25, 0.3) is 0 Å². The number of nitrogens with zero attached hydrogens (tertiary/aromatic N) is 3. The van der Waals surface area contributed by atoms with Crippen LogP contribution in [0.5, 0.6) is 17.2 Å². The van der Waals surface area contributed by atoms with Crippen LogP contribution in [-0.4, -0.2) is 185 Å². The predicted octanol–water partition coefficient (Wildman–Crippen LogP) is 10.1. The number of hydrogen-bond acceptors (Lipinski definition) is 26. The molecule has 33 nitrogen and oxygen atoms in total. The van der Waals surface area contributed by atoms with E-state index in [-0.39, 0.29) is 105 Å². The molecular weight excluding hydrogens is 2010 g/mol. The van der Waals surface area contributed by atoms with Crippen LogP contribution in [0, 0.1) is 11.6 Å². The summed E-state index contributed by atoms with van der Waals surface area (Å²) in [7, 11) is 6.95. The summed E-state index contributed by atoms with van der Waals surface area (Å²) in [5.41, 5.74) is 4.22. The number of methoxy groups -OCH3 is 7. The molecule has 0 radical (unpaired) electrons. The zero-order valence-electron chi connectivity index (χ0n) is 67.8. The Morgan fingerprint density at radius 2 is 0.784 bits per heavy atom. The van der Waals surface area contributed by atoms with Gasteiger partial charge in [-0.25, -0.2) is 52.3 Å². The maximum Gasteiger partial charge on any atom is 1.00 e. The van der Waals surface area contributed by atoms with Crippen molar-refractivity contribution in [1.82, 2.24) is 34.9 Å². The van der Waals surface area contributed by atoms with Crippen LogP contribution in [0.4, 0.5) is 8.78 Å². The van der Waals surface area contributed by atoms with Crippen molar-refractivity contribution in [3.8, 4) is 28.4 Å². The van der Waals surface area contributed by atoms with Crippen molar-refractivity contribution in [3.63, 3.8) is 0 Å². The number of carboxylic acid groups (broad SMARTS) is 3. The van der Waals surface area contributed by atoms with E-state index in [4.69, 9.17) is 72.8 Å². The molecule has 7 heterocycles. The van der Waals surface area contributed by atoms with Crippen LogP contribution in [0.3, 0.4) is 0 Å². The fourth-order valence-electron chi connectivity index (χ4n) is 10.6. The van der Waals surface area contributed by atoms with Crippen molar-refractivity contribution in [3.05, 3.63) is 255 Å². The van der Waals surface area contributed by atoms with Gasteiger partial charge in [0.1, 0.15) is 78.1 Å². The number of pyridine rings is 7. The van der Waals surface area contributed by atoms with Crippen molar-refractivity contribution in [2.24, 2.45) is 0 Å². The zero-order valence-corrected chi connectivity index (χ0v) is 77.3. The van der Waals surface area contributed by atoms with Gasteiger partial charge < -0.3 is 94.0 Å². The van der Waals surface area contributed by atoms with Crippen molar-refractivity contribution in [1.29, 1.82) is 0 Å². The number of hydrogen-bond donors (Lipinski definition) is 11. The fourth-order valence-corrected chi connectivity index (χ4v) is 12.2. The molecule has 6 aliphatic rings. The minimum absolute atomic E-state index is 0. The van der Waals surface area contributed by atoms with E-state index in [1.165, 1.54) is 159 Å². The number of nitrogens with one attached hydrogen (secondary N) is 4. The Hall–Kier alpha value is -9.19. The first-order valence-corrected chi connectivity index (χ1v) is 41.9. The third-order valence-electron chi connectivity index (χ3n) is 18.0. The summed E-state index contributed by atoms with van der Waals surface area (Å²) >= 11 is 26.8. The Balaban J connectivity index is 0.000000296. The van der Waals surface area contributed by atoms with E-state index in [0.717, 1.165) is 98.9 Å². The van der Waals surface area contributed by atoms with Crippen LogP contribution in [0.15, 0.2) is 144 Å². The number of rotatable bonds is 18. The topological polar surface area (TPSA) is 526 Å². The summed E-state index contributed by atoms with van der Waals surface area (Å²) in [6.45, 7) is 0. The Morgan fingerprint density at radius 3 is 1.16 bits per heavy atom. The molecule has 0 amide bonds. The fraction of sp³-hybridized carbons (Fsp3) is 0.316. The van der Waals surface area contributed by atoms with Crippen molar-refractivity contribution < 1.29 is 135 Å². The number of aromatic nitrogens is 7. The zero-order chi connectivity index (χ0) is 91.2. The van der Waals surface area contributed by atoms with Crippen LogP contribution in [0.1, 0.15) is 208 Å². The quantitative estimate of drug-likeness (QED) is 0.0165. The van der Waals surface area contributed by atoms with Gasteiger partial charge in [0.15, 0.2) is 5.43 Å². The van der Waals surface area contributed by atoms with Gasteiger partial charge in [-0.2, -0.15) is 0 Å². The molecule has 6 fully saturated rings. The molecule has 662 valence electrons. The minimum atomic E-state index is -1.51. The summed E-state index contributed by atoms with van der Waals surface area (Å²) < 4.78 is 59.3. The number of benzene rings is 2. The normalized spacial score (nSPS) is 13.2. The van der Waals surface area contributed by atoms with Crippen molar-refractivity contribution in [2.75, 3.05) is 49.8 Å². The molecule has 12 N–H and O–H groups in total. The number of halogens is 9. The molecule has 0 spiro atoms. The van der Waals surface area contributed by atoms with E-state index in [9.17, 15) is 61.5 Å². The van der Waals surface area contributed by atoms with Gasteiger partial charge >= 0.3 is 78.1 Å². The smallest absolute Gasteiger partial charge is 0.870 e. The van der Waals surface area contributed by atoms with E-state index in [1.54, 1.807) is 7.11 Å². The summed E-state index contributed by atoms with van der Waals surface area (Å²) in [4.78, 5) is 147. The maximum absolute atomic E-state index is 13.0. The second-order valence-electron chi connectivity index (χ2n) is 26.9. The number of H-pyrrole nitrogens is 4. The molecule has 0 bridgehead atoms. The first-order chi connectivity index (χ1) is 58.4. The average molecular weight is 2090 g/mol. The van der Waals surface area contributed by atoms with Gasteiger partial charge in [-0.3, -0.25) is 24.2 Å². The van der Waals surface area contributed by atoms with Gasteiger partial charge in [0, 0.05) is 119 Å². The molecule has 6 aliphatic carbocycles. The molecular formula is C79H82B3Br5Cl2F2LiN7O26. The van der Waals surface area contributed by atoms with Gasteiger partial charge in [0.2, 0.25) is 16.3 Å². The summed E-state index contributed by atoms with van der Waals surface area (Å²) in [5.74, 6) is -3.03. The predicted molar refractivity (Wildman–Crippen MR) is 471 cm³/mol. The van der Waals surface area contributed by atoms with Crippen molar-refractivity contribution in [2.45, 2.75) is 112 Å². The Kier molecular flexibility index (Phi) is 45.7. The van der Waals surface area contributed by atoms with Gasteiger partial charge in [-0.15, -0.1) is 47.3 Å². The van der Waals surface area contributed by atoms with E-state index < -0.39 is 72.7 Å². The number of esters is 4. The van der Waals surface area contributed by atoms with Gasteiger partial charge in [-0.05, 0) is 149 Å². The monoisotopic (exact) mass is 2090 g/mol. The number of ether oxygens (including phenoxy) is 7. The Labute approximate surface area is 776 Å². The number of carbonyl (C=O) groups is 7. The molecule has 125 heavy (non-hydrogen) atoms. The molecule has 2 aromatic carbocycles. The van der Waals surface area contributed by atoms with E-state index in [2.05, 4.69) is 133 Å². The van der Waals surface area contributed by atoms with Crippen LogP contribution >= 0.6 is 102 Å². The number of aromatic carboxylic acids is 3. The van der Waals surface area contributed by atoms with E-state index >= 15 is 0 Å². The number of carbonyl (C=O) groups excluding carboxylic acids is 4. The molecule has 7 aromatic heterocycles. The maximum atomic E-state index is 13.0. The van der Waals surface area contributed by atoms with Crippen LogP contribution < -0.4 is 60.2 Å². The molecule has 0 aliphatic heterocycles. The average Bonchev–Trinajstić information content (AvgIpc) is 1.73. The van der Waals surface area contributed by atoms with Crippen LogP contribution in [0.2, 0.25) is 16.1 Å². The summed E-state index contributed by atoms with van der Waals surface area (Å²) in [5, 5.41) is 60.4. The summed E-state index contributed by atoms with van der Waals surface area (Å²) in [6.07, 6.45) is 22.2. The number of aromatic amines is 4. The summed E-state index contributed by atoms with van der Waals surface area (Å²) in [6, 6.07) is 16.6. The molecule has 15 rings (SSSR count). The first-order valence-electron chi connectivity index (χ1n) is 36.8.